The number of nitrogens with one attached hydrogen (secondary N) is 1. The number of aromatic nitrogens is 2. The van der Waals surface area contributed by atoms with E-state index in [0.29, 0.717) is 6.04 Å². The van der Waals surface area contributed by atoms with Gasteiger partial charge in [-0.05, 0) is 48.0 Å². The molecule has 5 heteroatoms. The molecule has 1 atom stereocenters. The maximum atomic E-state index is 5.34. The predicted octanol–water partition coefficient (Wildman–Crippen LogP) is 4.25. The van der Waals surface area contributed by atoms with Crippen LogP contribution >= 0.6 is 15.9 Å². The van der Waals surface area contributed by atoms with Crippen LogP contribution in [0.3, 0.4) is 0 Å². The molecule has 2 aromatic rings. The van der Waals surface area contributed by atoms with E-state index in [1.54, 1.807) is 6.26 Å². The van der Waals surface area contributed by atoms with Gasteiger partial charge >= 0.3 is 0 Å². The van der Waals surface area contributed by atoms with Crippen LogP contribution in [-0.2, 0) is 6.42 Å². The average Bonchev–Trinajstić information content (AvgIpc) is 3.15. The maximum Gasteiger partial charge on any atom is 0.173 e. The third-order valence-corrected chi connectivity index (χ3v) is 5.04. The highest BCUT2D eigenvalue weighted by molar-refractivity contribution is 9.10. The molecule has 0 bridgehead atoms. The molecule has 114 valence electrons. The molecule has 1 aliphatic carbocycles. The van der Waals surface area contributed by atoms with E-state index in [0.717, 1.165) is 22.3 Å². The molecule has 1 saturated carbocycles. The van der Waals surface area contributed by atoms with Crippen molar-refractivity contribution in [1.29, 1.82) is 0 Å². The Balaban J connectivity index is 1.69. The van der Waals surface area contributed by atoms with Crippen molar-refractivity contribution >= 4 is 15.9 Å². The molecule has 1 N–H and O–H groups in total. The van der Waals surface area contributed by atoms with E-state index in [1.807, 2.05) is 13.1 Å². The van der Waals surface area contributed by atoms with Crippen molar-refractivity contribution in [3.8, 4) is 0 Å². The molecule has 1 fully saturated rings. The van der Waals surface area contributed by atoms with Crippen LogP contribution in [0.1, 0.15) is 55.4 Å². The summed E-state index contributed by atoms with van der Waals surface area (Å²) in [6, 6.07) is 4.96. The van der Waals surface area contributed by atoms with Crippen LogP contribution < -0.4 is 5.32 Å². The molecule has 0 aliphatic heterocycles. The van der Waals surface area contributed by atoms with Crippen molar-refractivity contribution in [1.82, 2.24) is 15.1 Å². The normalized spacial score (nSPS) is 18.0. The quantitative estimate of drug-likeness (QED) is 0.875. The van der Waals surface area contributed by atoms with Crippen molar-refractivity contribution in [3.63, 3.8) is 0 Å². The van der Waals surface area contributed by atoms with Crippen LogP contribution in [0.25, 0.3) is 0 Å². The van der Waals surface area contributed by atoms with Gasteiger partial charge in [0.15, 0.2) is 4.67 Å². The third-order valence-electron chi connectivity index (χ3n) is 4.40. The Kier molecular flexibility index (Phi) is 4.80. The smallest absolute Gasteiger partial charge is 0.173 e. The Bertz CT molecular complexity index is 572. The highest BCUT2D eigenvalue weighted by Gasteiger charge is 2.19. The van der Waals surface area contributed by atoms with E-state index in [1.165, 1.54) is 32.1 Å². The lowest BCUT2D eigenvalue weighted by molar-refractivity contribution is 0.327. The summed E-state index contributed by atoms with van der Waals surface area (Å²) >= 11 is 3.46. The second-order valence-corrected chi connectivity index (χ2v) is 6.49. The summed E-state index contributed by atoms with van der Waals surface area (Å²) in [5, 5.41) is 8.14. The molecular formula is C16H22BrN3O. The lowest BCUT2D eigenvalue weighted by Crippen LogP contribution is -2.19. The van der Waals surface area contributed by atoms with Gasteiger partial charge in [-0.1, -0.05) is 19.3 Å². The molecule has 0 saturated heterocycles. The van der Waals surface area contributed by atoms with Gasteiger partial charge in [0, 0.05) is 24.2 Å². The Hall–Kier alpha value is -1.07. The molecule has 4 nitrogen and oxygen atoms in total. The first-order chi connectivity index (χ1) is 10.3. The number of likely N-dealkylation sites (N-methyl/N-ethyl adjacent to an activating group) is 1. The van der Waals surface area contributed by atoms with Gasteiger partial charge in [-0.3, -0.25) is 4.68 Å². The minimum atomic E-state index is 0.216. The summed E-state index contributed by atoms with van der Waals surface area (Å²) in [4.78, 5) is 0. The van der Waals surface area contributed by atoms with Crippen LogP contribution in [0.5, 0.6) is 0 Å². The number of halogens is 1. The molecule has 3 rings (SSSR count). The first-order valence-electron chi connectivity index (χ1n) is 7.72. The van der Waals surface area contributed by atoms with E-state index in [9.17, 15) is 0 Å². The number of furan rings is 1. The van der Waals surface area contributed by atoms with Crippen molar-refractivity contribution in [2.45, 2.75) is 50.6 Å². The van der Waals surface area contributed by atoms with Gasteiger partial charge in [0.2, 0.25) is 0 Å². The first kappa shape index (κ1) is 14.9. The van der Waals surface area contributed by atoms with Crippen LogP contribution in [0.15, 0.2) is 33.7 Å². The van der Waals surface area contributed by atoms with Gasteiger partial charge in [0.1, 0.15) is 0 Å². The van der Waals surface area contributed by atoms with Gasteiger partial charge in [-0.25, -0.2) is 0 Å². The molecule has 0 spiro atoms. The van der Waals surface area contributed by atoms with Crippen LogP contribution in [0.4, 0.5) is 0 Å². The highest BCUT2D eigenvalue weighted by atomic mass is 79.9. The summed E-state index contributed by atoms with van der Waals surface area (Å²) in [5.41, 5.74) is 2.28. The van der Waals surface area contributed by atoms with E-state index >= 15 is 0 Å². The SMILES string of the molecule is CNC(Cc1ccn(C2CCCCC2)n1)c1ccoc1Br. The van der Waals surface area contributed by atoms with Gasteiger partial charge in [-0.2, -0.15) is 5.10 Å². The Morgan fingerprint density at radius 2 is 2.19 bits per heavy atom. The standard InChI is InChI=1S/C16H22BrN3O/c1-18-15(14-8-10-21-16(14)17)11-12-7-9-20(19-12)13-5-3-2-4-6-13/h7-10,13,15,18H,2-6,11H2,1H3. The van der Waals surface area contributed by atoms with Crippen molar-refractivity contribution in [2.24, 2.45) is 0 Å². The van der Waals surface area contributed by atoms with Gasteiger partial charge < -0.3 is 9.73 Å². The van der Waals surface area contributed by atoms with Crippen LogP contribution in [-0.4, -0.2) is 16.8 Å². The zero-order valence-electron chi connectivity index (χ0n) is 12.4. The number of nitrogens with zero attached hydrogens (tertiary/aromatic N) is 2. The highest BCUT2D eigenvalue weighted by Crippen LogP contribution is 2.29. The summed E-state index contributed by atoms with van der Waals surface area (Å²) < 4.78 is 8.31. The van der Waals surface area contributed by atoms with Crippen LogP contribution in [0, 0.1) is 0 Å². The van der Waals surface area contributed by atoms with E-state index in [2.05, 4.69) is 38.2 Å². The fourth-order valence-electron chi connectivity index (χ4n) is 3.17. The number of hydrogen-bond donors (Lipinski definition) is 1. The van der Waals surface area contributed by atoms with E-state index < -0.39 is 0 Å². The van der Waals surface area contributed by atoms with Gasteiger partial charge in [-0.15, -0.1) is 0 Å². The first-order valence-corrected chi connectivity index (χ1v) is 8.51. The van der Waals surface area contributed by atoms with E-state index in [4.69, 9.17) is 9.52 Å². The van der Waals surface area contributed by atoms with Gasteiger partial charge in [0.05, 0.1) is 18.0 Å². The fraction of sp³-hybridized carbons (Fsp3) is 0.562. The molecule has 1 unspecified atom stereocenters. The molecular weight excluding hydrogens is 330 g/mol. The van der Waals surface area contributed by atoms with Crippen LogP contribution in [0.2, 0.25) is 0 Å². The molecule has 0 amide bonds. The molecule has 2 aromatic heterocycles. The Morgan fingerprint density at radius 3 is 2.86 bits per heavy atom. The Morgan fingerprint density at radius 1 is 1.38 bits per heavy atom. The lowest BCUT2D eigenvalue weighted by Gasteiger charge is -2.22. The summed E-state index contributed by atoms with van der Waals surface area (Å²) in [6.45, 7) is 0. The third kappa shape index (κ3) is 3.40. The Labute approximate surface area is 134 Å². The fourth-order valence-corrected chi connectivity index (χ4v) is 3.68. The topological polar surface area (TPSA) is 43.0 Å². The van der Waals surface area contributed by atoms with Crippen molar-refractivity contribution in [2.75, 3.05) is 7.05 Å². The van der Waals surface area contributed by atoms with Crippen molar-refractivity contribution in [3.05, 3.63) is 40.5 Å². The lowest BCUT2D eigenvalue weighted by atomic mass is 9.96. The number of rotatable bonds is 5. The van der Waals surface area contributed by atoms with Crippen molar-refractivity contribution < 1.29 is 4.42 Å². The molecule has 2 heterocycles. The second kappa shape index (κ2) is 6.79. The molecule has 0 radical (unpaired) electrons. The predicted molar refractivity (Wildman–Crippen MR) is 86.3 cm³/mol. The second-order valence-electron chi connectivity index (χ2n) is 5.77. The molecule has 21 heavy (non-hydrogen) atoms. The van der Waals surface area contributed by atoms with Gasteiger partial charge in [0.25, 0.3) is 0 Å². The summed E-state index contributed by atoms with van der Waals surface area (Å²) in [6.07, 6.45) is 11.3. The summed E-state index contributed by atoms with van der Waals surface area (Å²) in [5.74, 6) is 0. The largest absolute Gasteiger partial charge is 0.457 e. The minimum Gasteiger partial charge on any atom is -0.457 e. The monoisotopic (exact) mass is 351 g/mol. The molecule has 0 aromatic carbocycles. The zero-order valence-corrected chi connectivity index (χ0v) is 14.0. The molecule has 1 aliphatic rings. The summed E-state index contributed by atoms with van der Waals surface area (Å²) in [7, 11) is 1.97. The van der Waals surface area contributed by atoms with E-state index in [-0.39, 0.29) is 6.04 Å². The number of hydrogen-bond acceptors (Lipinski definition) is 3. The minimum absolute atomic E-state index is 0.216. The maximum absolute atomic E-state index is 5.34. The average molecular weight is 352 g/mol. The zero-order chi connectivity index (χ0) is 14.7.